The third-order valence-electron chi connectivity index (χ3n) is 3.00. The summed E-state index contributed by atoms with van der Waals surface area (Å²) < 4.78 is 0. The van der Waals surface area contributed by atoms with Crippen molar-refractivity contribution in [3.05, 3.63) is 109 Å². The van der Waals surface area contributed by atoms with Crippen LogP contribution in [-0.4, -0.2) is 0 Å². The van der Waals surface area contributed by atoms with Gasteiger partial charge in [-0.25, -0.2) is 0 Å². The molecule has 0 amide bonds. The zero-order valence-electron chi connectivity index (χ0n) is 11.8. The van der Waals surface area contributed by atoms with E-state index < -0.39 is 0 Å². The molecule has 0 nitrogen and oxygen atoms in total. The van der Waals surface area contributed by atoms with Crippen molar-refractivity contribution in [2.75, 3.05) is 0 Å². The van der Waals surface area contributed by atoms with Gasteiger partial charge in [0.1, 0.15) is 0 Å². The lowest BCUT2D eigenvalue weighted by Crippen LogP contribution is -1.87. The van der Waals surface area contributed by atoms with Crippen molar-refractivity contribution >= 4 is 5.57 Å². The molecule has 1 aliphatic carbocycles. The summed E-state index contributed by atoms with van der Waals surface area (Å²) in [5, 5.41) is 0. The third-order valence-corrected chi connectivity index (χ3v) is 3.00. The summed E-state index contributed by atoms with van der Waals surface area (Å²) in [6.45, 7) is 5.94. The number of hydrogen-bond donors (Lipinski definition) is 0. The van der Waals surface area contributed by atoms with Crippen LogP contribution in [0.2, 0.25) is 0 Å². The molecular weight excluding hydrogens is 240 g/mol. The smallest absolute Gasteiger partial charge is 0.0622 e. The van der Waals surface area contributed by atoms with Crippen LogP contribution >= 0.6 is 0 Å². The van der Waals surface area contributed by atoms with E-state index in [0.717, 1.165) is 5.57 Å². The number of rotatable bonds is 1. The highest BCUT2D eigenvalue weighted by molar-refractivity contribution is 5.78. The highest BCUT2D eigenvalue weighted by Gasteiger charge is 2.08. The molecular formula is C20H19+. The Morgan fingerprint density at radius 3 is 1.85 bits per heavy atom. The first-order valence-corrected chi connectivity index (χ1v) is 6.75. The molecule has 0 aromatic heterocycles. The fourth-order valence-electron chi connectivity index (χ4n) is 1.86. The molecule has 3 rings (SSSR count). The molecule has 2 aromatic rings. The van der Waals surface area contributed by atoms with E-state index in [2.05, 4.69) is 49.9 Å². The van der Waals surface area contributed by atoms with E-state index in [1.165, 1.54) is 16.7 Å². The summed E-state index contributed by atoms with van der Waals surface area (Å²) in [6.07, 6.45) is 8.25. The number of benzene rings is 2. The fraction of sp³-hybridized carbons (Fsp3) is 0.0500. The van der Waals surface area contributed by atoms with E-state index in [0.29, 0.717) is 0 Å². The van der Waals surface area contributed by atoms with Crippen molar-refractivity contribution in [1.82, 2.24) is 0 Å². The van der Waals surface area contributed by atoms with Crippen LogP contribution in [0, 0.1) is 13.3 Å². The highest BCUT2D eigenvalue weighted by atomic mass is 14.1. The SMILES string of the molecule is C=C1C=CC(c2ccccc2)=C[CH+]1.Cc1ccccc1. The Kier molecular flexibility index (Phi) is 5.02. The predicted molar refractivity (Wildman–Crippen MR) is 88.2 cm³/mol. The number of allylic oxidation sites excluding steroid dienone is 5. The Labute approximate surface area is 121 Å². The molecule has 0 spiro atoms. The maximum atomic E-state index is 3.86. The van der Waals surface area contributed by atoms with Gasteiger partial charge < -0.3 is 0 Å². The Bertz CT molecular complexity index is 601. The molecule has 0 radical (unpaired) electrons. The van der Waals surface area contributed by atoms with Gasteiger partial charge in [-0.05, 0) is 25.6 Å². The lowest BCUT2D eigenvalue weighted by Gasteiger charge is -2.00. The van der Waals surface area contributed by atoms with Crippen molar-refractivity contribution in [2.45, 2.75) is 6.92 Å². The van der Waals surface area contributed by atoms with Crippen LogP contribution in [0.1, 0.15) is 11.1 Å². The summed E-state index contributed by atoms with van der Waals surface area (Å²) >= 11 is 0. The predicted octanol–water partition coefficient (Wildman–Crippen LogP) is 5.40. The minimum Gasteiger partial charge on any atom is -0.0622 e. The fourth-order valence-corrected chi connectivity index (χ4v) is 1.86. The Morgan fingerprint density at radius 1 is 0.800 bits per heavy atom. The number of hydrogen-bond acceptors (Lipinski definition) is 0. The van der Waals surface area contributed by atoms with Gasteiger partial charge in [0, 0.05) is 30.2 Å². The zero-order chi connectivity index (χ0) is 14.2. The molecule has 0 atom stereocenters. The van der Waals surface area contributed by atoms with Crippen molar-refractivity contribution in [3.63, 3.8) is 0 Å². The summed E-state index contributed by atoms with van der Waals surface area (Å²) in [6, 6.07) is 20.6. The monoisotopic (exact) mass is 259 g/mol. The Balaban J connectivity index is 0.000000178. The molecule has 0 aliphatic heterocycles. The molecule has 0 N–H and O–H groups in total. The van der Waals surface area contributed by atoms with Gasteiger partial charge >= 0.3 is 0 Å². The third kappa shape index (κ3) is 4.33. The van der Waals surface area contributed by atoms with Gasteiger partial charge in [0.25, 0.3) is 0 Å². The van der Waals surface area contributed by atoms with Crippen LogP contribution in [0.3, 0.4) is 0 Å². The molecule has 2 aromatic carbocycles. The molecule has 0 fully saturated rings. The molecule has 0 bridgehead atoms. The molecule has 98 valence electrons. The van der Waals surface area contributed by atoms with Gasteiger partial charge in [0.05, 0.1) is 11.1 Å². The average molecular weight is 259 g/mol. The molecule has 20 heavy (non-hydrogen) atoms. The molecule has 0 saturated carbocycles. The van der Waals surface area contributed by atoms with E-state index in [4.69, 9.17) is 0 Å². The molecule has 0 heterocycles. The van der Waals surface area contributed by atoms with Crippen LogP contribution in [0.25, 0.3) is 5.57 Å². The maximum Gasteiger partial charge on any atom is 0.0888 e. The first-order valence-electron chi connectivity index (χ1n) is 6.75. The summed E-state index contributed by atoms with van der Waals surface area (Å²) in [5.41, 5.74) is 4.87. The maximum absolute atomic E-state index is 3.86. The van der Waals surface area contributed by atoms with Gasteiger partial charge in [-0.2, -0.15) is 0 Å². The molecule has 0 saturated heterocycles. The van der Waals surface area contributed by atoms with E-state index >= 15 is 0 Å². The van der Waals surface area contributed by atoms with Crippen LogP contribution < -0.4 is 0 Å². The van der Waals surface area contributed by atoms with E-state index in [9.17, 15) is 0 Å². The normalized spacial score (nSPS) is 12.8. The highest BCUT2D eigenvalue weighted by Crippen LogP contribution is 2.21. The van der Waals surface area contributed by atoms with E-state index in [-0.39, 0.29) is 0 Å². The van der Waals surface area contributed by atoms with Crippen LogP contribution in [0.5, 0.6) is 0 Å². The van der Waals surface area contributed by atoms with Crippen molar-refractivity contribution in [2.24, 2.45) is 0 Å². The summed E-state index contributed by atoms with van der Waals surface area (Å²) in [4.78, 5) is 0. The Hall–Kier alpha value is -2.47. The average Bonchev–Trinajstić information content (AvgIpc) is 2.50. The number of aryl methyl sites for hydroxylation is 1. The van der Waals surface area contributed by atoms with Crippen LogP contribution in [0.15, 0.2) is 91.0 Å². The van der Waals surface area contributed by atoms with E-state index in [1.54, 1.807) is 0 Å². The van der Waals surface area contributed by atoms with Gasteiger partial charge in [-0.1, -0.05) is 54.1 Å². The van der Waals surface area contributed by atoms with Crippen molar-refractivity contribution in [3.8, 4) is 0 Å². The van der Waals surface area contributed by atoms with Crippen LogP contribution in [-0.2, 0) is 0 Å². The minimum atomic E-state index is 1.06. The second kappa shape index (κ2) is 7.20. The zero-order valence-corrected chi connectivity index (χ0v) is 11.8. The topological polar surface area (TPSA) is 0 Å². The lowest BCUT2D eigenvalue weighted by atomic mass is 9.98. The quantitative estimate of drug-likeness (QED) is 0.602. The molecule has 0 unspecified atom stereocenters. The Morgan fingerprint density at radius 2 is 1.40 bits per heavy atom. The second-order valence-electron chi connectivity index (χ2n) is 4.72. The van der Waals surface area contributed by atoms with Crippen molar-refractivity contribution < 1.29 is 0 Å². The lowest BCUT2D eigenvalue weighted by molar-refractivity contribution is 1.48. The summed E-state index contributed by atoms with van der Waals surface area (Å²) in [7, 11) is 0. The molecule has 0 heteroatoms. The standard InChI is InChI=1S/C13H11.C7H8/c1-11-7-9-13(10-8-11)12-5-3-2-4-6-12;1-7-5-3-2-4-6-7/h2-10H,1H2;2-6H,1H3/q+1;. The second-order valence-corrected chi connectivity index (χ2v) is 4.72. The van der Waals surface area contributed by atoms with E-state index in [1.807, 2.05) is 48.9 Å². The first kappa shape index (κ1) is 14.0. The van der Waals surface area contributed by atoms with Gasteiger partial charge in [0.2, 0.25) is 0 Å². The van der Waals surface area contributed by atoms with Gasteiger partial charge in [-0.15, -0.1) is 0 Å². The first-order chi connectivity index (χ1) is 9.75. The van der Waals surface area contributed by atoms with Gasteiger partial charge in [-0.3, -0.25) is 0 Å². The summed E-state index contributed by atoms with van der Waals surface area (Å²) in [5.74, 6) is 0. The van der Waals surface area contributed by atoms with Crippen LogP contribution in [0.4, 0.5) is 0 Å². The van der Waals surface area contributed by atoms with Crippen molar-refractivity contribution in [1.29, 1.82) is 0 Å². The minimum absolute atomic E-state index is 1.06. The molecule has 1 aliphatic rings. The van der Waals surface area contributed by atoms with Gasteiger partial charge in [0.15, 0.2) is 0 Å². The largest absolute Gasteiger partial charge is 0.0888 e.